The number of carbonyl (C=O) groups is 1. The van der Waals surface area contributed by atoms with E-state index in [0.717, 1.165) is 44.8 Å². The van der Waals surface area contributed by atoms with E-state index in [0.29, 0.717) is 0 Å². The van der Waals surface area contributed by atoms with Gasteiger partial charge in [-0.1, -0.05) is 110 Å². The second-order valence-corrected chi connectivity index (χ2v) is 9.20. The summed E-state index contributed by atoms with van der Waals surface area (Å²) in [6, 6.07) is 0.160. The average Bonchev–Trinajstić information content (AvgIpc) is 2.70. The first-order chi connectivity index (χ1) is 13.7. The van der Waals surface area contributed by atoms with E-state index in [4.69, 9.17) is 0 Å². The summed E-state index contributed by atoms with van der Waals surface area (Å²) in [6.45, 7) is 7.30. The standard InChI is InChI=1S/C25H50N2O/c1-3-4-5-6-7-8-9-10-11-12-13-14-15-16-17-18-21-26-25(28)27-22-19-24(2)20-23-27/h24H,3-23H2,1-2H3,(H,26,28). The summed E-state index contributed by atoms with van der Waals surface area (Å²) < 4.78 is 0. The van der Waals surface area contributed by atoms with Gasteiger partial charge in [-0.05, 0) is 25.2 Å². The lowest BCUT2D eigenvalue weighted by Gasteiger charge is -2.30. The van der Waals surface area contributed by atoms with Crippen LogP contribution in [0.5, 0.6) is 0 Å². The zero-order valence-electron chi connectivity index (χ0n) is 19.3. The van der Waals surface area contributed by atoms with Crippen molar-refractivity contribution in [3.05, 3.63) is 0 Å². The van der Waals surface area contributed by atoms with Gasteiger partial charge in [0.2, 0.25) is 0 Å². The van der Waals surface area contributed by atoms with Crippen LogP contribution in [0.2, 0.25) is 0 Å². The molecule has 28 heavy (non-hydrogen) atoms. The molecule has 1 heterocycles. The molecule has 0 atom stereocenters. The van der Waals surface area contributed by atoms with Gasteiger partial charge in [-0.25, -0.2) is 4.79 Å². The first-order valence-electron chi connectivity index (χ1n) is 12.8. The highest BCUT2D eigenvalue weighted by atomic mass is 16.2. The number of hydrogen-bond donors (Lipinski definition) is 1. The lowest BCUT2D eigenvalue weighted by Crippen LogP contribution is -2.44. The third-order valence-electron chi connectivity index (χ3n) is 6.38. The van der Waals surface area contributed by atoms with Gasteiger partial charge in [-0.15, -0.1) is 0 Å². The number of likely N-dealkylation sites (tertiary alicyclic amines) is 1. The van der Waals surface area contributed by atoms with E-state index in [1.807, 2.05) is 4.90 Å². The van der Waals surface area contributed by atoms with E-state index < -0.39 is 0 Å². The molecule has 1 fully saturated rings. The fourth-order valence-corrected chi connectivity index (χ4v) is 4.19. The highest BCUT2D eigenvalue weighted by Crippen LogP contribution is 2.16. The number of urea groups is 1. The van der Waals surface area contributed by atoms with Gasteiger partial charge in [-0.2, -0.15) is 0 Å². The minimum atomic E-state index is 0.160. The van der Waals surface area contributed by atoms with Crippen molar-refractivity contribution in [2.75, 3.05) is 19.6 Å². The van der Waals surface area contributed by atoms with Gasteiger partial charge in [0.05, 0.1) is 0 Å². The molecule has 1 saturated heterocycles. The number of nitrogens with one attached hydrogen (secondary N) is 1. The van der Waals surface area contributed by atoms with E-state index in [2.05, 4.69) is 19.2 Å². The first-order valence-corrected chi connectivity index (χ1v) is 12.8. The van der Waals surface area contributed by atoms with Crippen LogP contribution in [0, 0.1) is 5.92 Å². The molecule has 0 aliphatic carbocycles. The maximum absolute atomic E-state index is 12.1. The van der Waals surface area contributed by atoms with E-state index in [9.17, 15) is 4.79 Å². The largest absolute Gasteiger partial charge is 0.338 e. The molecule has 0 unspecified atom stereocenters. The summed E-state index contributed by atoms with van der Waals surface area (Å²) in [7, 11) is 0. The second kappa shape index (κ2) is 18.3. The van der Waals surface area contributed by atoms with Crippen LogP contribution in [0.25, 0.3) is 0 Å². The monoisotopic (exact) mass is 394 g/mol. The molecular weight excluding hydrogens is 344 g/mol. The Kier molecular flexibility index (Phi) is 16.5. The Bertz CT molecular complexity index is 350. The summed E-state index contributed by atoms with van der Waals surface area (Å²) in [5.41, 5.74) is 0. The summed E-state index contributed by atoms with van der Waals surface area (Å²) in [5, 5.41) is 3.10. The van der Waals surface area contributed by atoms with Gasteiger partial charge in [0.1, 0.15) is 0 Å². The van der Waals surface area contributed by atoms with Crippen LogP contribution in [0.15, 0.2) is 0 Å². The van der Waals surface area contributed by atoms with Crippen molar-refractivity contribution in [2.45, 2.75) is 129 Å². The maximum Gasteiger partial charge on any atom is 0.317 e. The average molecular weight is 395 g/mol. The Morgan fingerprint density at radius 3 is 1.54 bits per heavy atom. The molecule has 1 rings (SSSR count). The first kappa shape index (κ1) is 25.3. The third-order valence-corrected chi connectivity index (χ3v) is 6.38. The van der Waals surface area contributed by atoms with E-state index >= 15 is 0 Å². The maximum atomic E-state index is 12.1. The number of nitrogens with zero attached hydrogens (tertiary/aromatic N) is 1. The molecule has 0 aromatic heterocycles. The minimum absolute atomic E-state index is 0.160. The van der Waals surface area contributed by atoms with Crippen LogP contribution >= 0.6 is 0 Å². The molecule has 3 nitrogen and oxygen atoms in total. The normalized spacial score (nSPS) is 15.1. The fraction of sp³-hybridized carbons (Fsp3) is 0.960. The second-order valence-electron chi connectivity index (χ2n) is 9.20. The quantitative estimate of drug-likeness (QED) is 0.252. The zero-order chi connectivity index (χ0) is 20.3. The zero-order valence-corrected chi connectivity index (χ0v) is 19.3. The Balaban J connectivity index is 1.73. The smallest absolute Gasteiger partial charge is 0.317 e. The SMILES string of the molecule is CCCCCCCCCCCCCCCCCCNC(=O)N1CCC(C)CC1. The molecule has 0 spiro atoms. The van der Waals surface area contributed by atoms with Crippen molar-refractivity contribution in [1.29, 1.82) is 0 Å². The Morgan fingerprint density at radius 1 is 0.714 bits per heavy atom. The number of piperidine rings is 1. The lowest BCUT2D eigenvalue weighted by atomic mass is 10.00. The molecule has 0 bridgehead atoms. The molecule has 3 heteroatoms. The van der Waals surface area contributed by atoms with Crippen molar-refractivity contribution in [1.82, 2.24) is 10.2 Å². The minimum Gasteiger partial charge on any atom is -0.338 e. The van der Waals surface area contributed by atoms with Crippen molar-refractivity contribution >= 4 is 6.03 Å². The van der Waals surface area contributed by atoms with Crippen LogP contribution in [-0.4, -0.2) is 30.6 Å². The van der Waals surface area contributed by atoms with E-state index in [1.54, 1.807) is 0 Å². The van der Waals surface area contributed by atoms with Gasteiger partial charge >= 0.3 is 6.03 Å². The van der Waals surface area contributed by atoms with Crippen LogP contribution in [0.4, 0.5) is 4.79 Å². The molecule has 1 aliphatic rings. The molecular formula is C25H50N2O. The Labute approximate surface area is 176 Å². The van der Waals surface area contributed by atoms with Crippen LogP contribution in [0.3, 0.4) is 0 Å². The van der Waals surface area contributed by atoms with Crippen LogP contribution < -0.4 is 5.32 Å². The van der Waals surface area contributed by atoms with Gasteiger partial charge < -0.3 is 10.2 Å². The van der Waals surface area contributed by atoms with Crippen molar-refractivity contribution < 1.29 is 4.79 Å². The topological polar surface area (TPSA) is 32.3 Å². The summed E-state index contributed by atoms with van der Waals surface area (Å²) in [6.07, 6.45) is 24.6. The molecule has 0 aromatic carbocycles. The molecule has 2 amide bonds. The molecule has 1 aliphatic heterocycles. The highest BCUT2D eigenvalue weighted by Gasteiger charge is 2.19. The van der Waals surface area contributed by atoms with Crippen molar-refractivity contribution in [3.63, 3.8) is 0 Å². The number of amides is 2. The van der Waals surface area contributed by atoms with Crippen molar-refractivity contribution in [3.8, 4) is 0 Å². The Morgan fingerprint density at radius 2 is 1.11 bits per heavy atom. The third kappa shape index (κ3) is 14.3. The lowest BCUT2D eigenvalue weighted by molar-refractivity contribution is 0.174. The number of rotatable bonds is 17. The van der Waals surface area contributed by atoms with Crippen LogP contribution in [-0.2, 0) is 0 Å². The van der Waals surface area contributed by atoms with Gasteiger partial charge in [-0.3, -0.25) is 0 Å². The summed E-state index contributed by atoms with van der Waals surface area (Å²) >= 11 is 0. The van der Waals surface area contributed by atoms with Crippen LogP contribution in [0.1, 0.15) is 129 Å². The van der Waals surface area contributed by atoms with Gasteiger partial charge in [0.25, 0.3) is 0 Å². The molecule has 0 radical (unpaired) electrons. The highest BCUT2D eigenvalue weighted by molar-refractivity contribution is 5.74. The molecule has 0 saturated carbocycles. The van der Waals surface area contributed by atoms with E-state index in [-0.39, 0.29) is 6.03 Å². The summed E-state index contributed by atoms with van der Waals surface area (Å²) in [4.78, 5) is 14.1. The molecule has 0 aromatic rings. The van der Waals surface area contributed by atoms with E-state index in [1.165, 1.54) is 96.3 Å². The number of hydrogen-bond acceptors (Lipinski definition) is 1. The number of unbranched alkanes of at least 4 members (excludes halogenated alkanes) is 15. The van der Waals surface area contributed by atoms with Gasteiger partial charge in [0.15, 0.2) is 0 Å². The van der Waals surface area contributed by atoms with Gasteiger partial charge in [0, 0.05) is 19.6 Å². The Hall–Kier alpha value is -0.730. The molecule has 166 valence electrons. The number of carbonyl (C=O) groups excluding carboxylic acids is 1. The predicted octanol–water partition coefficient (Wildman–Crippen LogP) is 7.69. The predicted molar refractivity (Wildman–Crippen MR) is 123 cm³/mol. The molecule has 1 N–H and O–H groups in total. The summed E-state index contributed by atoms with van der Waals surface area (Å²) in [5.74, 6) is 0.782. The van der Waals surface area contributed by atoms with Crippen molar-refractivity contribution in [2.24, 2.45) is 5.92 Å². The fourth-order valence-electron chi connectivity index (χ4n) is 4.19.